The van der Waals surface area contributed by atoms with Gasteiger partial charge in [0.2, 0.25) is 0 Å². The Kier molecular flexibility index (Phi) is 32.9. The van der Waals surface area contributed by atoms with Crippen molar-refractivity contribution < 1.29 is 9.47 Å². The monoisotopic (exact) mass is 224 g/mol. The van der Waals surface area contributed by atoms with Gasteiger partial charge >= 0.3 is 0 Å². The van der Waals surface area contributed by atoms with Crippen molar-refractivity contribution in [2.45, 2.75) is 40.2 Å². The fourth-order valence-electron chi connectivity index (χ4n) is 0.167. The van der Waals surface area contributed by atoms with Crippen LogP contribution >= 0.6 is 11.8 Å². The van der Waals surface area contributed by atoms with E-state index < -0.39 is 0 Å². The molecular weight excluding hydrogens is 196 g/mol. The molecule has 0 amide bonds. The lowest BCUT2D eigenvalue weighted by Crippen LogP contribution is -2.00. The minimum absolute atomic E-state index is 0.435. The second-order valence-electron chi connectivity index (χ2n) is 2.61. The van der Waals surface area contributed by atoms with Crippen LogP contribution in [0.25, 0.3) is 0 Å². The fourth-order valence-corrected chi connectivity index (χ4v) is 0.167. The van der Waals surface area contributed by atoms with Crippen molar-refractivity contribution in [2.24, 2.45) is 0 Å². The standard InChI is InChI=1S/C5H12O.C3H8O.C3H8S/c1-4-5(2)6-3;2*1-3-4-2/h5H,4H2,1-3H3;2*3H2,1-2H3. The zero-order chi connectivity index (χ0) is 11.8. The fraction of sp³-hybridized carbons (Fsp3) is 1.00. The third-order valence-corrected chi connectivity index (χ3v) is 2.13. The smallest absolute Gasteiger partial charge is 0.0540 e. The van der Waals surface area contributed by atoms with E-state index in [2.05, 4.69) is 31.8 Å². The van der Waals surface area contributed by atoms with E-state index in [1.807, 2.05) is 18.7 Å². The van der Waals surface area contributed by atoms with Crippen LogP contribution < -0.4 is 0 Å². The van der Waals surface area contributed by atoms with Crippen LogP contribution in [0.3, 0.4) is 0 Å². The second kappa shape index (κ2) is 23.2. The van der Waals surface area contributed by atoms with Crippen LogP contribution in [0.4, 0.5) is 0 Å². The quantitative estimate of drug-likeness (QED) is 0.728. The third-order valence-electron chi connectivity index (χ3n) is 1.55. The van der Waals surface area contributed by atoms with Crippen molar-refractivity contribution in [1.82, 2.24) is 0 Å². The normalized spacial score (nSPS) is 10.5. The third kappa shape index (κ3) is 39.6. The van der Waals surface area contributed by atoms with Gasteiger partial charge in [-0.3, -0.25) is 0 Å². The minimum Gasteiger partial charge on any atom is -0.385 e. The summed E-state index contributed by atoms with van der Waals surface area (Å²) in [5, 5.41) is 0. The summed E-state index contributed by atoms with van der Waals surface area (Å²) in [6, 6.07) is 0. The first-order valence-electron chi connectivity index (χ1n) is 5.14. The number of rotatable bonds is 4. The predicted octanol–water partition coefficient (Wildman–Crippen LogP) is 3.45. The van der Waals surface area contributed by atoms with Crippen molar-refractivity contribution in [3.63, 3.8) is 0 Å². The molecule has 0 heterocycles. The molecule has 1 atom stereocenters. The molecule has 0 rings (SSSR count). The van der Waals surface area contributed by atoms with Crippen LogP contribution in [0.5, 0.6) is 0 Å². The summed E-state index contributed by atoms with van der Waals surface area (Å²) in [7, 11) is 3.41. The average Bonchev–Trinajstić information content (AvgIpc) is 2.28. The molecule has 0 spiro atoms. The van der Waals surface area contributed by atoms with E-state index in [9.17, 15) is 0 Å². The first-order chi connectivity index (χ1) is 6.64. The molecule has 14 heavy (non-hydrogen) atoms. The van der Waals surface area contributed by atoms with Gasteiger partial charge in [-0.15, -0.1) is 0 Å². The lowest BCUT2D eigenvalue weighted by atomic mass is 10.3. The van der Waals surface area contributed by atoms with Gasteiger partial charge in [-0.05, 0) is 32.3 Å². The zero-order valence-electron chi connectivity index (χ0n) is 10.9. The Balaban J connectivity index is -0.000000135. The highest BCUT2D eigenvalue weighted by atomic mass is 32.2. The van der Waals surface area contributed by atoms with Crippen LogP contribution in [0.15, 0.2) is 0 Å². The van der Waals surface area contributed by atoms with Crippen LogP contribution in [0, 0.1) is 0 Å². The lowest BCUT2D eigenvalue weighted by Gasteiger charge is -2.01. The molecule has 90 valence electrons. The van der Waals surface area contributed by atoms with E-state index in [1.54, 1.807) is 14.2 Å². The Morgan fingerprint density at radius 1 is 1.14 bits per heavy atom. The number of ether oxygens (including phenoxy) is 2. The van der Waals surface area contributed by atoms with E-state index in [-0.39, 0.29) is 0 Å². The number of thioether (sulfide) groups is 1. The van der Waals surface area contributed by atoms with Gasteiger partial charge in [0, 0.05) is 20.8 Å². The Labute approximate surface area is 94.8 Å². The number of methoxy groups -OCH3 is 2. The van der Waals surface area contributed by atoms with Crippen molar-refractivity contribution in [3.05, 3.63) is 0 Å². The average molecular weight is 224 g/mol. The van der Waals surface area contributed by atoms with Gasteiger partial charge in [0.15, 0.2) is 0 Å². The Morgan fingerprint density at radius 3 is 1.50 bits per heavy atom. The highest BCUT2D eigenvalue weighted by molar-refractivity contribution is 7.98. The first kappa shape index (κ1) is 19.8. The molecule has 0 aliphatic heterocycles. The molecule has 3 heteroatoms. The molecule has 0 saturated carbocycles. The summed E-state index contributed by atoms with van der Waals surface area (Å²) in [5.41, 5.74) is 0. The van der Waals surface area contributed by atoms with Crippen molar-refractivity contribution >= 4 is 11.8 Å². The molecule has 0 aliphatic rings. The molecule has 0 saturated heterocycles. The van der Waals surface area contributed by atoms with Crippen LogP contribution in [-0.4, -0.2) is 38.9 Å². The summed E-state index contributed by atoms with van der Waals surface area (Å²) in [6.45, 7) is 9.08. The van der Waals surface area contributed by atoms with Gasteiger partial charge < -0.3 is 9.47 Å². The summed E-state index contributed by atoms with van der Waals surface area (Å²) in [4.78, 5) is 0. The van der Waals surface area contributed by atoms with E-state index >= 15 is 0 Å². The Bertz CT molecular complexity index is 58.3. The molecule has 0 fully saturated rings. The first-order valence-corrected chi connectivity index (χ1v) is 6.54. The molecule has 0 aromatic heterocycles. The summed E-state index contributed by atoms with van der Waals surface area (Å²) >= 11 is 1.86. The summed E-state index contributed by atoms with van der Waals surface area (Å²) < 4.78 is 9.44. The highest BCUT2D eigenvalue weighted by Crippen LogP contribution is 1.89. The predicted molar refractivity (Wildman–Crippen MR) is 68.4 cm³/mol. The maximum atomic E-state index is 4.90. The molecule has 1 unspecified atom stereocenters. The van der Waals surface area contributed by atoms with Crippen molar-refractivity contribution in [3.8, 4) is 0 Å². The molecule has 0 radical (unpaired) electrons. The zero-order valence-corrected chi connectivity index (χ0v) is 11.7. The van der Waals surface area contributed by atoms with Gasteiger partial charge in [0.25, 0.3) is 0 Å². The molecule has 0 aromatic rings. The number of hydrogen-bond acceptors (Lipinski definition) is 3. The van der Waals surface area contributed by atoms with Crippen LogP contribution in [0.2, 0.25) is 0 Å². The molecule has 0 bridgehead atoms. The minimum atomic E-state index is 0.435. The van der Waals surface area contributed by atoms with Gasteiger partial charge in [-0.25, -0.2) is 0 Å². The van der Waals surface area contributed by atoms with E-state index in [0.29, 0.717) is 6.10 Å². The van der Waals surface area contributed by atoms with Gasteiger partial charge in [-0.1, -0.05) is 13.8 Å². The molecule has 0 N–H and O–H groups in total. The molecule has 0 aliphatic carbocycles. The lowest BCUT2D eigenvalue weighted by molar-refractivity contribution is 0.115. The summed E-state index contributed by atoms with van der Waals surface area (Å²) in [5.74, 6) is 1.24. The molecular formula is C11H28O2S. The Hall–Kier alpha value is 0.270. The maximum absolute atomic E-state index is 4.90. The van der Waals surface area contributed by atoms with E-state index in [1.165, 1.54) is 5.75 Å². The van der Waals surface area contributed by atoms with Crippen molar-refractivity contribution in [1.29, 1.82) is 0 Å². The summed E-state index contributed by atoms with van der Waals surface area (Å²) in [6.07, 6.45) is 3.64. The Morgan fingerprint density at radius 2 is 1.50 bits per heavy atom. The van der Waals surface area contributed by atoms with Gasteiger partial charge in [-0.2, -0.15) is 11.8 Å². The highest BCUT2D eigenvalue weighted by Gasteiger charge is 1.88. The van der Waals surface area contributed by atoms with E-state index in [4.69, 9.17) is 4.74 Å². The molecule has 2 nitrogen and oxygen atoms in total. The van der Waals surface area contributed by atoms with Crippen LogP contribution in [0.1, 0.15) is 34.1 Å². The SMILES string of the molecule is CCC(C)OC.CCOC.CCSC. The second-order valence-corrected chi connectivity index (χ2v) is 3.76. The van der Waals surface area contributed by atoms with Gasteiger partial charge in [0.05, 0.1) is 6.10 Å². The number of hydrogen-bond donors (Lipinski definition) is 0. The molecule has 0 aromatic carbocycles. The van der Waals surface area contributed by atoms with E-state index in [0.717, 1.165) is 13.0 Å². The largest absolute Gasteiger partial charge is 0.385 e. The topological polar surface area (TPSA) is 18.5 Å². The van der Waals surface area contributed by atoms with Crippen molar-refractivity contribution in [2.75, 3.05) is 32.8 Å². The van der Waals surface area contributed by atoms with Crippen LogP contribution in [-0.2, 0) is 9.47 Å². The maximum Gasteiger partial charge on any atom is 0.0540 e. The van der Waals surface area contributed by atoms with Gasteiger partial charge in [0.1, 0.15) is 0 Å².